The van der Waals surface area contributed by atoms with Gasteiger partial charge in [-0.2, -0.15) is 5.10 Å². The van der Waals surface area contributed by atoms with Gasteiger partial charge in [0.2, 0.25) is 0 Å². The first-order valence-electron chi connectivity index (χ1n) is 8.07. The standard InChI is InChI=1S/C19H14ClFN4O2/c1-10-13(9-24(2)23-10)16-12(4-3-5-14(16)21)17-18(20)25-7-6-11(19(26)27)8-15(25)22-17/h3-9H,1-2H3,(H,26,27). The second kappa shape index (κ2) is 6.21. The maximum Gasteiger partial charge on any atom is 0.335 e. The maximum atomic E-state index is 14.8. The highest BCUT2D eigenvalue weighted by atomic mass is 35.5. The summed E-state index contributed by atoms with van der Waals surface area (Å²) in [6, 6.07) is 7.55. The lowest BCUT2D eigenvalue weighted by Gasteiger charge is -2.08. The Labute approximate surface area is 158 Å². The van der Waals surface area contributed by atoms with Gasteiger partial charge in [0.25, 0.3) is 0 Å². The summed E-state index contributed by atoms with van der Waals surface area (Å²) >= 11 is 6.49. The Morgan fingerprint density at radius 1 is 1.26 bits per heavy atom. The highest BCUT2D eigenvalue weighted by Crippen LogP contribution is 2.38. The molecule has 0 radical (unpaired) electrons. The molecule has 136 valence electrons. The molecule has 1 N–H and O–H groups in total. The van der Waals surface area contributed by atoms with E-state index in [0.717, 1.165) is 0 Å². The molecule has 0 aliphatic heterocycles. The average molecular weight is 385 g/mol. The van der Waals surface area contributed by atoms with Gasteiger partial charge in [-0.25, -0.2) is 14.2 Å². The van der Waals surface area contributed by atoms with Gasteiger partial charge in [0.1, 0.15) is 22.3 Å². The van der Waals surface area contributed by atoms with E-state index in [-0.39, 0.29) is 10.7 Å². The first-order valence-corrected chi connectivity index (χ1v) is 8.45. The van der Waals surface area contributed by atoms with Crippen LogP contribution in [0.4, 0.5) is 4.39 Å². The van der Waals surface area contributed by atoms with E-state index in [1.807, 2.05) is 0 Å². The number of hydrogen-bond acceptors (Lipinski definition) is 3. The van der Waals surface area contributed by atoms with E-state index >= 15 is 0 Å². The van der Waals surface area contributed by atoms with Crippen LogP contribution in [-0.4, -0.2) is 30.2 Å². The molecule has 0 saturated heterocycles. The van der Waals surface area contributed by atoms with Crippen LogP contribution in [0.5, 0.6) is 0 Å². The van der Waals surface area contributed by atoms with Crippen LogP contribution in [-0.2, 0) is 7.05 Å². The molecule has 0 atom stereocenters. The molecule has 3 aromatic heterocycles. The number of halogens is 2. The number of carboxylic acid groups (broad SMARTS) is 1. The largest absolute Gasteiger partial charge is 0.478 e. The van der Waals surface area contributed by atoms with E-state index in [1.165, 1.54) is 24.4 Å². The van der Waals surface area contributed by atoms with Crippen LogP contribution >= 0.6 is 11.6 Å². The number of aromatic nitrogens is 4. The Morgan fingerprint density at radius 3 is 2.70 bits per heavy atom. The Bertz CT molecular complexity index is 1210. The van der Waals surface area contributed by atoms with Crippen molar-refractivity contribution < 1.29 is 14.3 Å². The minimum atomic E-state index is -1.06. The number of hydrogen-bond donors (Lipinski definition) is 1. The van der Waals surface area contributed by atoms with Crippen molar-refractivity contribution in [2.45, 2.75) is 6.92 Å². The Hall–Kier alpha value is -3.19. The molecular formula is C19H14ClFN4O2. The number of rotatable bonds is 3. The first-order chi connectivity index (χ1) is 12.9. The number of fused-ring (bicyclic) bond motifs is 1. The van der Waals surface area contributed by atoms with Crippen molar-refractivity contribution in [3.05, 3.63) is 65.0 Å². The van der Waals surface area contributed by atoms with Gasteiger partial charge in [-0.3, -0.25) is 9.08 Å². The van der Waals surface area contributed by atoms with Crippen LogP contribution in [0.25, 0.3) is 28.0 Å². The van der Waals surface area contributed by atoms with Crippen LogP contribution in [0.3, 0.4) is 0 Å². The van der Waals surface area contributed by atoms with Gasteiger partial charge >= 0.3 is 5.97 Å². The molecule has 0 bridgehead atoms. The number of pyridine rings is 1. The highest BCUT2D eigenvalue weighted by Gasteiger charge is 2.21. The van der Waals surface area contributed by atoms with Crippen molar-refractivity contribution in [1.29, 1.82) is 0 Å². The summed E-state index contributed by atoms with van der Waals surface area (Å²) in [5.74, 6) is -1.47. The molecule has 0 saturated carbocycles. The number of carboxylic acids is 1. The summed E-state index contributed by atoms with van der Waals surface area (Å²) in [5, 5.41) is 13.7. The molecule has 0 aliphatic carbocycles. The molecule has 0 aliphatic rings. The third-order valence-electron chi connectivity index (χ3n) is 4.37. The molecule has 0 amide bonds. The summed E-state index contributed by atoms with van der Waals surface area (Å²) in [6.45, 7) is 1.80. The molecule has 0 fully saturated rings. The molecule has 0 spiro atoms. The van der Waals surface area contributed by atoms with Crippen molar-refractivity contribution in [1.82, 2.24) is 19.2 Å². The number of nitrogens with zero attached hydrogens (tertiary/aromatic N) is 4. The number of carbonyl (C=O) groups is 1. The lowest BCUT2D eigenvalue weighted by Crippen LogP contribution is -1.97. The van der Waals surface area contributed by atoms with Crippen molar-refractivity contribution in [3.63, 3.8) is 0 Å². The van der Waals surface area contributed by atoms with Crippen molar-refractivity contribution in [2.75, 3.05) is 0 Å². The molecule has 6 nitrogen and oxygen atoms in total. The predicted molar refractivity (Wildman–Crippen MR) is 99.5 cm³/mol. The van der Waals surface area contributed by atoms with Crippen molar-refractivity contribution in [3.8, 4) is 22.4 Å². The van der Waals surface area contributed by atoms with Crippen LogP contribution in [0.1, 0.15) is 16.1 Å². The third-order valence-corrected chi connectivity index (χ3v) is 4.73. The average Bonchev–Trinajstić information content (AvgIpc) is 3.13. The molecule has 1 aromatic carbocycles. The van der Waals surface area contributed by atoms with Gasteiger partial charge < -0.3 is 5.11 Å². The normalized spacial score (nSPS) is 11.3. The van der Waals surface area contributed by atoms with E-state index in [1.54, 1.807) is 41.4 Å². The molecule has 27 heavy (non-hydrogen) atoms. The molecule has 4 aromatic rings. The second-order valence-electron chi connectivity index (χ2n) is 6.16. The highest BCUT2D eigenvalue weighted by molar-refractivity contribution is 6.32. The molecule has 8 heteroatoms. The number of aryl methyl sites for hydroxylation is 2. The summed E-state index contributed by atoms with van der Waals surface area (Å²) in [4.78, 5) is 15.7. The van der Waals surface area contributed by atoms with E-state index < -0.39 is 11.8 Å². The Kier molecular flexibility index (Phi) is 3.96. The minimum absolute atomic E-state index is 0.0956. The number of aromatic carboxylic acids is 1. The Morgan fingerprint density at radius 2 is 2.04 bits per heavy atom. The van der Waals surface area contributed by atoms with E-state index in [0.29, 0.717) is 33.7 Å². The summed E-state index contributed by atoms with van der Waals surface area (Å²) in [7, 11) is 1.77. The van der Waals surface area contributed by atoms with Crippen molar-refractivity contribution in [2.24, 2.45) is 7.05 Å². The summed E-state index contributed by atoms with van der Waals surface area (Å²) in [6.07, 6.45) is 3.27. The van der Waals surface area contributed by atoms with Gasteiger partial charge in [0.05, 0.1) is 11.3 Å². The van der Waals surface area contributed by atoms with Gasteiger partial charge in [-0.05, 0) is 25.1 Å². The lowest BCUT2D eigenvalue weighted by atomic mass is 9.98. The van der Waals surface area contributed by atoms with E-state index in [9.17, 15) is 14.3 Å². The maximum absolute atomic E-state index is 14.8. The smallest absolute Gasteiger partial charge is 0.335 e. The summed E-state index contributed by atoms with van der Waals surface area (Å²) < 4.78 is 18.0. The quantitative estimate of drug-likeness (QED) is 0.574. The van der Waals surface area contributed by atoms with Crippen LogP contribution < -0.4 is 0 Å². The number of imidazole rings is 1. The molecule has 4 rings (SSSR count). The van der Waals surface area contributed by atoms with Gasteiger partial charge in [-0.1, -0.05) is 23.7 Å². The molecule has 0 unspecified atom stereocenters. The second-order valence-corrected chi connectivity index (χ2v) is 6.52. The first kappa shape index (κ1) is 17.2. The monoisotopic (exact) mass is 384 g/mol. The van der Waals surface area contributed by atoms with E-state index in [4.69, 9.17) is 11.6 Å². The van der Waals surface area contributed by atoms with Gasteiger partial charge in [0, 0.05) is 36.1 Å². The van der Waals surface area contributed by atoms with Gasteiger partial charge in [0.15, 0.2) is 0 Å². The zero-order valence-electron chi connectivity index (χ0n) is 14.4. The van der Waals surface area contributed by atoms with Crippen molar-refractivity contribution >= 4 is 23.2 Å². The fourth-order valence-electron chi connectivity index (χ4n) is 3.16. The van der Waals surface area contributed by atoms with Crippen LogP contribution in [0.15, 0.2) is 42.7 Å². The fourth-order valence-corrected chi connectivity index (χ4v) is 3.45. The minimum Gasteiger partial charge on any atom is -0.478 e. The fraction of sp³-hybridized carbons (Fsp3) is 0.105. The van der Waals surface area contributed by atoms with Crippen LogP contribution in [0, 0.1) is 12.7 Å². The lowest BCUT2D eigenvalue weighted by molar-refractivity contribution is 0.0697. The number of benzene rings is 1. The van der Waals surface area contributed by atoms with Gasteiger partial charge in [-0.15, -0.1) is 0 Å². The van der Waals surface area contributed by atoms with Crippen LogP contribution in [0.2, 0.25) is 5.15 Å². The SMILES string of the molecule is Cc1nn(C)cc1-c1c(F)cccc1-c1nc2cc(C(=O)O)ccn2c1Cl. The predicted octanol–water partition coefficient (Wildman–Crippen LogP) is 4.20. The molecule has 3 heterocycles. The summed E-state index contributed by atoms with van der Waals surface area (Å²) in [5.41, 5.74) is 3.02. The zero-order chi connectivity index (χ0) is 19.3. The van der Waals surface area contributed by atoms with E-state index in [2.05, 4.69) is 10.1 Å². The topological polar surface area (TPSA) is 72.4 Å². The zero-order valence-corrected chi connectivity index (χ0v) is 15.2. The third kappa shape index (κ3) is 2.76. The Balaban J connectivity index is 2.00. The molecular weight excluding hydrogens is 371 g/mol.